The van der Waals surface area contributed by atoms with Crippen molar-refractivity contribution < 1.29 is 14.3 Å². The van der Waals surface area contributed by atoms with E-state index in [0.717, 1.165) is 16.9 Å². The smallest absolute Gasteiger partial charge is 0.312 e. The van der Waals surface area contributed by atoms with Gasteiger partial charge in [0.15, 0.2) is 5.69 Å². The molecule has 0 atom stereocenters. The summed E-state index contributed by atoms with van der Waals surface area (Å²) in [5, 5.41) is 10.1. The zero-order valence-electron chi connectivity index (χ0n) is 14.3. The zero-order chi connectivity index (χ0) is 17.6. The number of nitrogens with zero attached hydrogens (tertiary/aromatic N) is 2. The third kappa shape index (κ3) is 3.88. The molecule has 0 spiro atoms. The van der Waals surface area contributed by atoms with Crippen molar-refractivity contribution in [2.75, 3.05) is 7.11 Å². The van der Waals surface area contributed by atoms with Crippen molar-refractivity contribution in [2.45, 2.75) is 19.9 Å². The molecule has 0 aliphatic carbocycles. The summed E-state index contributed by atoms with van der Waals surface area (Å²) < 4.78 is 10.6. The number of hydrogen-bond donors (Lipinski definition) is 1. The lowest BCUT2D eigenvalue weighted by molar-refractivity contribution is 0.336. The lowest BCUT2D eigenvalue weighted by atomic mass is 10.2. The van der Waals surface area contributed by atoms with Gasteiger partial charge in [0.2, 0.25) is 5.89 Å². The number of hydrogen-bond acceptors (Lipinski definition) is 5. The van der Waals surface area contributed by atoms with E-state index in [0.29, 0.717) is 30.3 Å². The highest BCUT2D eigenvalue weighted by atomic mass is 16.5. The largest absolute Gasteiger partial charge is 0.497 e. The van der Waals surface area contributed by atoms with Crippen molar-refractivity contribution >= 4 is 5.71 Å². The number of aliphatic imine (C=N–C) groups is 1. The summed E-state index contributed by atoms with van der Waals surface area (Å²) in [6.07, 6.45) is 0.643. The van der Waals surface area contributed by atoms with E-state index in [2.05, 4.69) is 9.98 Å². The van der Waals surface area contributed by atoms with Gasteiger partial charge in [-0.1, -0.05) is 37.3 Å². The maximum Gasteiger partial charge on any atom is 0.312 e. The van der Waals surface area contributed by atoms with Crippen molar-refractivity contribution in [1.29, 1.82) is 0 Å². The molecule has 128 valence electrons. The van der Waals surface area contributed by atoms with E-state index in [9.17, 15) is 5.11 Å². The minimum absolute atomic E-state index is 0.200. The minimum atomic E-state index is -0.200. The Bertz CT molecular complexity index is 852. The van der Waals surface area contributed by atoms with Crippen LogP contribution in [0.3, 0.4) is 0 Å². The second-order valence-electron chi connectivity index (χ2n) is 5.50. The maximum absolute atomic E-state index is 10.1. The van der Waals surface area contributed by atoms with Gasteiger partial charge in [-0.2, -0.15) is 0 Å². The SMILES string of the molecule is CCC(=NCc1ccc(OC)cc1)c1nc(-c2ccccc2)oc1O. The molecule has 3 aromatic rings. The Labute approximate surface area is 146 Å². The van der Waals surface area contributed by atoms with Crippen LogP contribution < -0.4 is 4.74 Å². The van der Waals surface area contributed by atoms with Crippen LogP contribution in [0, 0.1) is 0 Å². The normalized spacial score (nSPS) is 11.5. The second-order valence-corrected chi connectivity index (χ2v) is 5.50. The molecular formula is C20H20N2O3. The summed E-state index contributed by atoms with van der Waals surface area (Å²) in [6.45, 7) is 2.48. The van der Waals surface area contributed by atoms with Crippen LogP contribution >= 0.6 is 0 Å². The van der Waals surface area contributed by atoms with Crippen molar-refractivity contribution in [3.8, 4) is 23.1 Å². The fourth-order valence-corrected chi connectivity index (χ4v) is 2.48. The Balaban J connectivity index is 1.83. The molecule has 1 heterocycles. The predicted molar refractivity (Wildman–Crippen MR) is 97.1 cm³/mol. The molecule has 3 rings (SSSR count). The van der Waals surface area contributed by atoms with E-state index in [1.807, 2.05) is 61.5 Å². The van der Waals surface area contributed by atoms with Gasteiger partial charge in [-0.3, -0.25) is 4.99 Å². The van der Waals surface area contributed by atoms with E-state index in [4.69, 9.17) is 9.15 Å². The zero-order valence-corrected chi connectivity index (χ0v) is 14.3. The van der Waals surface area contributed by atoms with Gasteiger partial charge in [-0.15, -0.1) is 0 Å². The monoisotopic (exact) mass is 336 g/mol. The number of rotatable bonds is 6. The summed E-state index contributed by atoms with van der Waals surface area (Å²) in [5.74, 6) is 0.998. The minimum Gasteiger partial charge on any atom is -0.497 e. The van der Waals surface area contributed by atoms with Crippen LogP contribution in [0.1, 0.15) is 24.6 Å². The molecule has 0 saturated carbocycles. The lowest BCUT2D eigenvalue weighted by Crippen LogP contribution is -2.01. The lowest BCUT2D eigenvalue weighted by Gasteiger charge is -2.03. The topological polar surface area (TPSA) is 67.9 Å². The van der Waals surface area contributed by atoms with E-state index in [1.165, 1.54) is 0 Å². The molecule has 0 saturated heterocycles. The molecule has 0 aliphatic rings. The average Bonchev–Trinajstić information content (AvgIpc) is 3.05. The molecule has 0 unspecified atom stereocenters. The third-order valence-corrected chi connectivity index (χ3v) is 3.85. The number of ether oxygens (including phenoxy) is 1. The molecule has 25 heavy (non-hydrogen) atoms. The second kappa shape index (κ2) is 7.66. The number of aromatic nitrogens is 1. The number of methoxy groups -OCH3 is 1. The quantitative estimate of drug-likeness (QED) is 0.675. The van der Waals surface area contributed by atoms with Gasteiger partial charge in [0.25, 0.3) is 0 Å². The summed E-state index contributed by atoms with van der Waals surface area (Å²) in [6, 6.07) is 17.2. The van der Waals surface area contributed by atoms with Crippen LogP contribution in [0.15, 0.2) is 64.0 Å². The van der Waals surface area contributed by atoms with Gasteiger partial charge in [-0.05, 0) is 36.2 Å². The van der Waals surface area contributed by atoms with Crippen molar-refractivity contribution in [2.24, 2.45) is 4.99 Å². The molecule has 0 aliphatic heterocycles. The first-order valence-corrected chi connectivity index (χ1v) is 8.13. The van der Waals surface area contributed by atoms with Crippen LogP contribution in [0.2, 0.25) is 0 Å². The molecule has 0 radical (unpaired) electrons. The van der Waals surface area contributed by atoms with Gasteiger partial charge < -0.3 is 14.3 Å². The molecule has 1 aromatic heterocycles. The van der Waals surface area contributed by atoms with Gasteiger partial charge in [0.1, 0.15) is 5.75 Å². The molecule has 5 heteroatoms. The number of aromatic hydroxyl groups is 1. The van der Waals surface area contributed by atoms with Gasteiger partial charge in [-0.25, -0.2) is 4.98 Å². The fraction of sp³-hybridized carbons (Fsp3) is 0.200. The standard InChI is InChI=1S/C20H20N2O3/c1-3-17(21-13-14-9-11-16(24-2)12-10-14)18-20(23)25-19(22-18)15-7-5-4-6-8-15/h4-12,23H,3,13H2,1-2H3. The van der Waals surface area contributed by atoms with Crippen LogP contribution in [0.4, 0.5) is 0 Å². The summed E-state index contributed by atoms with van der Waals surface area (Å²) in [4.78, 5) is 9.02. The van der Waals surface area contributed by atoms with E-state index in [1.54, 1.807) is 7.11 Å². The Kier molecular flexibility index (Phi) is 5.14. The van der Waals surface area contributed by atoms with Crippen molar-refractivity contribution in [1.82, 2.24) is 4.98 Å². The molecule has 0 fully saturated rings. The van der Waals surface area contributed by atoms with E-state index in [-0.39, 0.29) is 5.95 Å². The first-order chi connectivity index (χ1) is 12.2. The molecule has 1 N–H and O–H groups in total. The first-order valence-electron chi connectivity index (χ1n) is 8.13. The molecular weight excluding hydrogens is 316 g/mol. The Morgan fingerprint density at radius 3 is 2.48 bits per heavy atom. The van der Waals surface area contributed by atoms with E-state index >= 15 is 0 Å². The van der Waals surface area contributed by atoms with Gasteiger partial charge >= 0.3 is 5.95 Å². The van der Waals surface area contributed by atoms with Gasteiger partial charge in [0.05, 0.1) is 19.4 Å². The van der Waals surface area contributed by atoms with Crippen LogP contribution in [-0.2, 0) is 6.54 Å². The predicted octanol–water partition coefficient (Wildman–Crippen LogP) is 4.46. The molecule has 2 aromatic carbocycles. The Morgan fingerprint density at radius 1 is 1.12 bits per heavy atom. The van der Waals surface area contributed by atoms with Crippen molar-refractivity contribution in [3.05, 3.63) is 65.9 Å². The van der Waals surface area contributed by atoms with Crippen LogP contribution in [0.25, 0.3) is 11.5 Å². The average molecular weight is 336 g/mol. The highest BCUT2D eigenvalue weighted by Crippen LogP contribution is 2.27. The van der Waals surface area contributed by atoms with E-state index < -0.39 is 0 Å². The molecule has 0 bridgehead atoms. The number of benzene rings is 2. The maximum atomic E-state index is 10.1. The van der Waals surface area contributed by atoms with Crippen LogP contribution in [0.5, 0.6) is 11.7 Å². The molecule has 5 nitrogen and oxygen atoms in total. The van der Waals surface area contributed by atoms with Crippen molar-refractivity contribution in [3.63, 3.8) is 0 Å². The third-order valence-electron chi connectivity index (χ3n) is 3.85. The fourth-order valence-electron chi connectivity index (χ4n) is 2.48. The van der Waals surface area contributed by atoms with Crippen LogP contribution in [-0.4, -0.2) is 22.9 Å². The Hall–Kier alpha value is -3.08. The molecule has 0 amide bonds. The first kappa shape index (κ1) is 16.8. The summed E-state index contributed by atoms with van der Waals surface area (Å²) in [7, 11) is 1.64. The highest BCUT2D eigenvalue weighted by Gasteiger charge is 2.17. The van der Waals surface area contributed by atoms with Gasteiger partial charge in [0, 0.05) is 5.56 Å². The highest BCUT2D eigenvalue weighted by molar-refractivity contribution is 6.00. The Morgan fingerprint density at radius 2 is 1.84 bits per heavy atom. The summed E-state index contributed by atoms with van der Waals surface area (Å²) in [5.41, 5.74) is 2.97. The number of oxazole rings is 1. The summed E-state index contributed by atoms with van der Waals surface area (Å²) >= 11 is 0.